The Hall–Kier alpha value is -2.50. The third-order valence-electron chi connectivity index (χ3n) is 2.99. The van der Waals surface area contributed by atoms with Gasteiger partial charge in [0.05, 0.1) is 11.0 Å². The van der Waals surface area contributed by atoms with E-state index in [4.69, 9.17) is 0 Å². The van der Waals surface area contributed by atoms with Gasteiger partial charge in [-0.3, -0.25) is 10.1 Å². The van der Waals surface area contributed by atoms with E-state index in [1.807, 2.05) is 6.92 Å². The van der Waals surface area contributed by atoms with Crippen molar-refractivity contribution < 1.29 is 13.7 Å². The van der Waals surface area contributed by atoms with E-state index in [1.54, 1.807) is 12.1 Å². The molecule has 0 aromatic heterocycles. The lowest BCUT2D eigenvalue weighted by atomic mass is 10.1. The molecule has 0 amide bonds. The molecule has 2 aromatic carbocycles. The Morgan fingerprint density at radius 3 is 2.57 bits per heavy atom. The highest BCUT2D eigenvalue weighted by Crippen LogP contribution is 2.26. The standard InChI is InChI=1S/C15H14F2N2O2/c1-10(7-11-3-2-4-12(16)8-11)18-14-6-5-13(17)9-15(14)19(20)21/h2-6,8-10,18H,7H2,1H3. The lowest BCUT2D eigenvalue weighted by molar-refractivity contribution is -0.384. The van der Waals surface area contributed by atoms with Gasteiger partial charge in [0, 0.05) is 6.04 Å². The minimum absolute atomic E-state index is 0.170. The Kier molecular flexibility index (Phi) is 4.47. The van der Waals surface area contributed by atoms with Gasteiger partial charge in [-0.25, -0.2) is 8.78 Å². The van der Waals surface area contributed by atoms with Crippen molar-refractivity contribution in [3.63, 3.8) is 0 Å². The minimum atomic E-state index is -0.662. The number of nitrogens with zero attached hydrogens (tertiary/aromatic N) is 1. The average Bonchev–Trinajstić information content (AvgIpc) is 2.40. The first kappa shape index (κ1) is 14.9. The number of nitrogens with one attached hydrogen (secondary N) is 1. The van der Waals surface area contributed by atoms with Crippen molar-refractivity contribution in [2.24, 2.45) is 0 Å². The van der Waals surface area contributed by atoms with Crippen LogP contribution in [0.2, 0.25) is 0 Å². The van der Waals surface area contributed by atoms with E-state index in [1.165, 1.54) is 18.2 Å². The van der Waals surface area contributed by atoms with E-state index in [2.05, 4.69) is 5.32 Å². The molecule has 4 nitrogen and oxygen atoms in total. The zero-order valence-electron chi connectivity index (χ0n) is 11.3. The molecule has 0 bridgehead atoms. The maximum atomic E-state index is 13.1. The molecule has 0 saturated carbocycles. The van der Waals surface area contributed by atoms with Crippen molar-refractivity contribution >= 4 is 11.4 Å². The number of hydrogen-bond donors (Lipinski definition) is 1. The Morgan fingerprint density at radius 1 is 1.19 bits per heavy atom. The molecular formula is C15H14F2N2O2. The first-order chi connectivity index (χ1) is 9.95. The number of anilines is 1. The van der Waals surface area contributed by atoms with E-state index in [0.29, 0.717) is 6.42 Å². The van der Waals surface area contributed by atoms with Crippen LogP contribution in [0.15, 0.2) is 42.5 Å². The first-order valence-electron chi connectivity index (χ1n) is 6.40. The van der Waals surface area contributed by atoms with E-state index in [0.717, 1.165) is 17.7 Å². The summed E-state index contributed by atoms with van der Waals surface area (Å²) in [6.45, 7) is 1.82. The largest absolute Gasteiger partial charge is 0.377 e. The first-order valence-corrected chi connectivity index (χ1v) is 6.40. The van der Waals surface area contributed by atoms with Gasteiger partial charge in [0.1, 0.15) is 17.3 Å². The third kappa shape index (κ3) is 3.98. The SMILES string of the molecule is CC(Cc1cccc(F)c1)Nc1ccc(F)cc1[N+](=O)[O-]. The molecule has 0 fully saturated rings. The summed E-state index contributed by atoms with van der Waals surface area (Å²) < 4.78 is 26.2. The summed E-state index contributed by atoms with van der Waals surface area (Å²) in [7, 11) is 0. The van der Waals surface area contributed by atoms with Gasteiger partial charge in [-0.05, 0) is 43.2 Å². The fraction of sp³-hybridized carbons (Fsp3) is 0.200. The molecule has 0 saturated heterocycles. The van der Waals surface area contributed by atoms with Gasteiger partial charge in [0.25, 0.3) is 5.69 Å². The number of nitro benzene ring substituents is 1. The topological polar surface area (TPSA) is 55.2 Å². The van der Waals surface area contributed by atoms with E-state index < -0.39 is 10.7 Å². The van der Waals surface area contributed by atoms with Crippen molar-refractivity contribution in [2.45, 2.75) is 19.4 Å². The van der Waals surface area contributed by atoms with Crippen molar-refractivity contribution in [1.29, 1.82) is 0 Å². The summed E-state index contributed by atoms with van der Waals surface area (Å²) in [5, 5.41) is 13.9. The monoisotopic (exact) mass is 292 g/mol. The molecule has 0 aliphatic carbocycles. The van der Waals surface area contributed by atoms with Crippen molar-refractivity contribution in [3.05, 3.63) is 69.8 Å². The van der Waals surface area contributed by atoms with E-state index in [-0.39, 0.29) is 23.2 Å². The van der Waals surface area contributed by atoms with Gasteiger partial charge in [-0.1, -0.05) is 12.1 Å². The highest BCUT2D eigenvalue weighted by molar-refractivity contribution is 5.61. The highest BCUT2D eigenvalue weighted by atomic mass is 19.1. The summed E-state index contributed by atoms with van der Waals surface area (Å²) in [4.78, 5) is 10.3. The van der Waals surface area contributed by atoms with Crippen molar-refractivity contribution in [1.82, 2.24) is 0 Å². The van der Waals surface area contributed by atoms with Gasteiger partial charge < -0.3 is 5.32 Å². The van der Waals surface area contributed by atoms with Gasteiger partial charge in [0.15, 0.2) is 0 Å². The maximum absolute atomic E-state index is 13.1. The van der Waals surface area contributed by atoms with Crippen LogP contribution < -0.4 is 5.32 Å². The molecule has 1 N–H and O–H groups in total. The average molecular weight is 292 g/mol. The molecule has 0 radical (unpaired) electrons. The molecule has 0 aliphatic heterocycles. The Bertz CT molecular complexity index is 662. The molecule has 2 aromatic rings. The number of halogens is 2. The summed E-state index contributed by atoms with van der Waals surface area (Å²) in [6.07, 6.45) is 0.492. The molecule has 6 heteroatoms. The molecule has 0 heterocycles. The summed E-state index contributed by atoms with van der Waals surface area (Å²) in [5.74, 6) is -0.988. The number of rotatable bonds is 5. The fourth-order valence-corrected chi connectivity index (χ4v) is 2.11. The quantitative estimate of drug-likeness (QED) is 0.671. The van der Waals surface area contributed by atoms with Crippen LogP contribution in [0.5, 0.6) is 0 Å². The van der Waals surface area contributed by atoms with E-state index >= 15 is 0 Å². The van der Waals surface area contributed by atoms with Gasteiger partial charge in [-0.2, -0.15) is 0 Å². The Balaban J connectivity index is 2.12. The van der Waals surface area contributed by atoms with Crippen molar-refractivity contribution in [3.8, 4) is 0 Å². The third-order valence-corrected chi connectivity index (χ3v) is 2.99. The summed E-state index contributed by atoms with van der Waals surface area (Å²) in [6, 6.07) is 9.34. The molecule has 1 unspecified atom stereocenters. The van der Waals surface area contributed by atoms with Gasteiger partial charge in [0.2, 0.25) is 0 Å². The minimum Gasteiger partial charge on any atom is -0.377 e. The van der Waals surface area contributed by atoms with Crippen LogP contribution in [0.1, 0.15) is 12.5 Å². The maximum Gasteiger partial charge on any atom is 0.295 e. The molecule has 0 aliphatic rings. The predicted octanol–water partition coefficient (Wildman–Crippen LogP) is 3.92. The van der Waals surface area contributed by atoms with Crippen molar-refractivity contribution in [2.75, 3.05) is 5.32 Å². The van der Waals surface area contributed by atoms with Crippen LogP contribution in [0, 0.1) is 21.7 Å². The Labute approximate surface area is 120 Å². The molecule has 0 spiro atoms. The zero-order chi connectivity index (χ0) is 15.4. The molecule has 1 atom stereocenters. The normalized spacial score (nSPS) is 12.0. The molecular weight excluding hydrogens is 278 g/mol. The van der Waals surface area contributed by atoms with E-state index in [9.17, 15) is 18.9 Å². The van der Waals surface area contributed by atoms with Crippen LogP contribution in [-0.4, -0.2) is 11.0 Å². The Morgan fingerprint density at radius 2 is 1.90 bits per heavy atom. The summed E-state index contributed by atoms with van der Waals surface area (Å²) in [5.41, 5.74) is 0.700. The number of nitro groups is 1. The second-order valence-corrected chi connectivity index (χ2v) is 4.80. The second kappa shape index (κ2) is 6.30. The lowest BCUT2D eigenvalue weighted by Crippen LogP contribution is -2.19. The van der Waals surface area contributed by atoms with Crippen LogP contribution in [-0.2, 0) is 6.42 Å². The highest BCUT2D eigenvalue weighted by Gasteiger charge is 2.16. The zero-order valence-corrected chi connectivity index (χ0v) is 11.3. The lowest BCUT2D eigenvalue weighted by Gasteiger charge is -2.15. The number of hydrogen-bond acceptors (Lipinski definition) is 3. The number of benzene rings is 2. The fourth-order valence-electron chi connectivity index (χ4n) is 2.11. The molecule has 2 rings (SSSR count). The second-order valence-electron chi connectivity index (χ2n) is 4.80. The smallest absolute Gasteiger partial charge is 0.295 e. The van der Waals surface area contributed by atoms with Crippen LogP contribution in [0.3, 0.4) is 0 Å². The summed E-state index contributed by atoms with van der Waals surface area (Å²) >= 11 is 0. The van der Waals surface area contributed by atoms with Gasteiger partial charge >= 0.3 is 0 Å². The van der Waals surface area contributed by atoms with Crippen LogP contribution in [0.4, 0.5) is 20.2 Å². The van der Waals surface area contributed by atoms with Crippen LogP contribution in [0.25, 0.3) is 0 Å². The molecule has 110 valence electrons. The molecule has 21 heavy (non-hydrogen) atoms. The van der Waals surface area contributed by atoms with Crippen LogP contribution >= 0.6 is 0 Å². The predicted molar refractivity (Wildman–Crippen MR) is 76.2 cm³/mol. The van der Waals surface area contributed by atoms with Gasteiger partial charge in [-0.15, -0.1) is 0 Å².